The van der Waals surface area contributed by atoms with Crippen LogP contribution in [-0.4, -0.2) is 70.9 Å². The molecule has 0 N–H and O–H groups in total. The van der Waals surface area contributed by atoms with Gasteiger partial charge in [0.15, 0.2) is 0 Å². The fourth-order valence-corrected chi connectivity index (χ4v) is 4.17. The number of hydrogen-bond donors (Lipinski definition) is 0. The maximum atomic E-state index is 12.9. The first-order valence-electron chi connectivity index (χ1n) is 9.04. The van der Waals surface area contributed by atoms with Gasteiger partial charge in [-0.3, -0.25) is 4.79 Å². The van der Waals surface area contributed by atoms with Gasteiger partial charge >= 0.3 is 0 Å². The lowest BCUT2D eigenvalue weighted by atomic mass is 10.1. The minimum atomic E-state index is -3.58. The quantitative estimate of drug-likeness (QED) is 0.763. The molecule has 1 saturated heterocycles. The highest BCUT2D eigenvalue weighted by atomic mass is 32.2. The largest absolute Gasteiger partial charge is 0.495 e. The Bertz CT molecular complexity index is 951. The van der Waals surface area contributed by atoms with Crippen LogP contribution in [0.1, 0.15) is 10.4 Å². The van der Waals surface area contributed by atoms with Crippen molar-refractivity contribution in [3.63, 3.8) is 0 Å². The Morgan fingerprint density at radius 2 is 1.68 bits per heavy atom. The number of anilines is 1. The van der Waals surface area contributed by atoms with Gasteiger partial charge in [0.2, 0.25) is 10.0 Å². The molecule has 0 bridgehead atoms. The summed E-state index contributed by atoms with van der Waals surface area (Å²) in [6.07, 6.45) is 0. The number of ether oxygens (including phenoxy) is 1. The molecule has 2 aromatic carbocycles. The molecule has 1 amide bonds. The number of benzene rings is 2. The SMILES string of the molecule is COc1ccccc1N1CCN(C(=O)c2cccc(S(=O)(=O)N(C)C)c2)CC1. The molecule has 1 aliphatic rings. The van der Waals surface area contributed by atoms with Gasteiger partial charge in [-0.2, -0.15) is 0 Å². The number of carbonyl (C=O) groups excluding carboxylic acids is 1. The van der Waals surface area contributed by atoms with Gasteiger partial charge in [-0.1, -0.05) is 18.2 Å². The molecule has 0 radical (unpaired) electrons. The third-order valence-electron chi connectivity index (χ3n) is 4.85. The number of para-hydroxylation sites is 2. The summed E-state index contributed by atoms with van der Waals surface area (Å²) >= 11 is 0. The van der Waals surface area contributed by atoms with Crippen molar-refractivity contribution in [1.29, 1.82) is 0 Å². The molecule has 28 heavy (non-hydrogen) atoms. The van der Waals surface area contributed by atoms with Gasteiger partial charge in [0.25, 0.3) is 5.91 Å². The number of piperazine rings is 1. The molecule has 1 fully saturated rings. The van der Waals surface area contributed by atoms with Crippen LogP contribution in [0.25, 0.3) is 0 Å². The normalized spacial score (nSPS) is 15.0. The second kappa shape index (κ2) is 8.20. The van der Waals surface area contributed by atoms with E-state index < -0.39 is 10.0 Å². The van der Waals surface area contributed by atoms with E-state index in [1.54, 1.807) is 24.1 Å². The van der Waals surface area contributed by atoms with E-state index in [0.29, 0.717) is 31.7 Å². The van der Waals surface area contributed by atoms with E-state index in [-0.39, 0.29) is 10.8 Å². The maximum Gasteiger partial charge on any atom is 0.254 e. The fraction of sp³-hybridized carbons (Fsp3) is 0.350. The van der Waals surface area contributed by atoms with Crippen molar-refractivity contribution in [1.82, 2.24) is 9.21 Å². The zero-order valence-electron chi connectivity index (χ0n) is 16.3. The molecule has 1 aliphatic heterocycles. The van der Waals surface area contributed by atoms with Gasteiger partial charge in [0.1, 0.15) is 5.75 Å². The molecule has 0 unspecified atom stereocenters. The predicted octanol–water partition coefficient (Wildman–Crippen LogP) is 1.91. The summed E-state index contributed by atoms with van der Waals surface area (Å²) in [6.45, 7) is 2.48. The van der Waals surface area contributed by atoms with E-state index in [1.165, 1.54) is 26.2 Å². The highest BCUT2D eigenvalue weighted by Crippen LogP contribution is 2.28. The topological polar surface area (TPSA) is 70.2 Å². The van der Waals surface area contributed by atoms with Crippen molar-refractivity contribution in [2.75, 3.05) is 52.3 Å². The Hall–Kier alpha value is -2.58. The molecule has 150 valence electrons. The molecule has 0 aromatic heterocycles. The highest BCUT2D eigenvalue weighted by Gasteiger charge is 2.25. The molecule has 3 rings (SSSR count). The van der Waals surface area contributed by atoms with Crippen LogP contribution in [0.2, 0.25) is 0 Å². The van der Waals surface area contributed by atoms with Crippen molar-refractivity contribution in [3.05, 3.63) is 54.1 Å². The molecule has 0 aliphatic carbocycles. The van der Waals surface area contributed by atoms with Crippen molar-refractivity contribution in [3.8, 4) is 5.75 Å². The summed E-state index contributed by atoms with van der Waals surface area (Å²) in [5.74, 6) is 0.652. The van der Waals surface area contributed by atoms with Crippen LogP contribution in [0, 0.1) is 0 Å². The van der Waals surface area contributed by atoms with Crippen molar-refractivity contribution in [2.45, 2.75) is 4.90 Å². The second-order valence-corrected chi connectivity index (χ2v) is 8.92. The third kappa shape index (κ3) is 3.98. The van der Waals surface area contributed by atoms with Crippen LogP contribution in [0.4, 0.5) is 5.69 Å². The Labute approximate surface area is 166 Å². The van der Waals surface area contributed by atoms with Crippen LogP contribution in [0.5, 0.6) is 5.75 Å². The summed E-state index contributed by atoms with van der Waals surface area (Å²) < 4.78 is 31.2. The number of rotatable bonds is 5. The van der Waals surface area contributed by atoms with E-state index in [0.717, 1.165) is 15.7 Å². The Kier molecular flexibility index (Phi) is 5.90. The molecule has 1 heterocycles. The van der Waals surface area contributed by atoms with Gasteiger partial charge in [0.05, 0.1) is 17.7 Å². The summed E-state index contributed by atoms with van der Waals surface area (Å²) in [6, 6.07) is 14.0. The number of hydrogen-bond acceptors (Lipinski definition) is 5. The minimum absolute atomic E-state index is 0.121. The van der Waals surface area contributed by atoms with Gasteiger partial charge in [-0.25, -0.2) is 12.7 Å². The molecule has 2 aromatic rings. The summed E-state index contributed by atoms with van der Waals surface area (Å²) in [7, 11) is 1.02. The summed E-state index contributed by atoms with van der Waals surface area (Å²) in [5.41, 5.74) is 1.39. The Balaban J connectivity index is 1.72. The van der Waals surface area contributed by atoms with E-state index in [4.69, 9.17) is 4.74 Å². The molecular weight excluding hydrogens is 378 g/mol. The van der Waals surface area contributed by atoms with E-state index in [9.17, 15) is 13.2 Å². The monoisotopic (exact) mass is 403 g/mol. The minimum Gasteiger partial charge on any atom is -0.495 e. The lowest BCUT2D eigenvalue weighted by Gasteiger charge is -2.36. The standard InChI is InChI=1S/C20H25N3O4S/c1-21(2)28(25,26)17-8-6-7-16(15-17)20(24)23-13-11-22(12-14-23)18-9-4-5-10-19(18)27-3/h4-10,15H,11-14H2,1-3H3. The maximum absolute atomic E-state index is 12.9. The van der Waals surface area contributed by atoms with Gasteiger partial charge in [-0.15, -0.1) is 0 Å². The number of sulfonamides is 1. The zero-order chi connectivity index (χ0) is 20.3. The van der Waals surface area contributed by atoms with Crippen molar-refractivity contribution >= 4 is 21.6 Å². The average Bonchev–Trinajstić information content (AvgIpc) is 2.73. The third-order valence-corrected chi connectivity index (χ3v) is 6.66. The van der Waals surface area contributed by atoms with Crippen LogP contribution in [-0.2, 0) is 10.0 Å². The summed E-state index contributed by atoms with van der Waals surface area (Å²) in [4.78, 5) is 17.0. The van der Waals surface area contributed by atoms with Crippen LogP contribution in [0.15, 0.2) is 53.4 Å². The molecule has 0 spiro atoms. The van der Waals surface area contributed by atoms with Crippen LogP contribution < -0.4 is 9.64 Å². The lowest BCUT2D eigenvalue weighted by Crippen LogP contribution is -2.48. The fourth-order valence-electron chi connectivity index (χ4n) is 3.22. The zero-order valence-corrected chi connectivity index (χ0v) is 17.1. The number of methoxy groups -OCH3 is 1. The highest BCUT2D eigenvalue weighted by molar-refractivity contribution is 7.89. The van der Waals surface area contributed by atoms with E-state index >= 15 is 0 Å². The van der Waals surface area contributed by atoms with E-state index in [2.05, 4.69) is 4.90 Å². The first kappa shape index (κ1) is 20.2. The molecule has 8 heteroatoms. The number of amides is 1. The van der Waals surface area contributed by atoms with Crippen molar-refractivity contribution < 1.29 is 17.9 Å². The Morgan fingerprint density at radius 1 is 1.00 bits per heavy atom. The van der Waals surface area contributed by atoms with Crippen molar-refractivity contribution in [2.24, 2.45) is 0 Å². The van der Waals surface area contributed by atoms with Crippen LogP contribution >= 0.6 is 0 Å². The Morgan fingerprint density at radius 3 is 2.32 bits per heavy atom. The number of nitrogens with zero attached hydrogens (tertiary/aromatic N) is 3. The lowest BCUT2D eigenvalue weighted by molar-refractivity contribution is 0.0746. The van der Waals surface area contributed by atoms with Crippen LogP contribution in [0.3, 0.4) is 0 Å². The average molecular weight is 404 g/mol. The first-order valence-corrected chi connectivity index (χ1v) is 10.5. The van der Waals surface area contributed by atoms with Gasteiger partial charge < -0.3 is 14.5 Å². The number of carbonyl (C=O) groups is 1. The van der Waals surface area contributed by atoms with Gasteiger partial charge in [0, 0.05) is 45.8 Å². The second-order valence-electron chi connectivity index (χ2n) is 6.77. The van der Waals surface area contributed by atoms with E-state index in [1.807, 2.05) is 24.3 Å². The van der Waals surface area contributed by atoms with Gasteiger partial charge in [-0.05, 0) is 30.3 Å². The predicted molar refractivity (Wildman–Crippen MR) is 108 cm³/mol. The molecular formula is C20H25N3O4S. The molecule has 0 saturated carbocycles. The molecule has 7 nitrogen and oxygen atoms in total. The first-order chi connectivity index (χ1) is 13.3. The summed E-state index contributed by atoms with van der Waals surface area (Å²) in [5, 5.41) is 0. The molecule has 0 atom stereocenters. The smallest absolute Gasteiger partial charge is 0.254 e.